The lowest BCUT2D eigenvalue weighted by atomic mass is 10.1. The highest BCUT2D eigenvalue weighted by Gasteiger charge is 2.30. The topological polar surface area (TPSA) is 70.7 Å². The van der Waals surface area contributed by atoms with Gasteiger partial charge in [0.25, 0.3) is 0 Å². The van der Waals surface area contributed by atoms with E-state index in [0.717, 1.165) is 23.4 Å². The van der Waals surface area contributed by atoms with Gasteiger partial charge in [-0.25, -0.2) is 4.79 Å². The Hall–Kier alpha value is -2.73. The summed E-state index contributed by atoms with van der Waals surface area (Å²) < 4.78 is 5.13. The number of halogens is 1. The summed E-state index contributed by atoms with van der Waals surface area (Å²) in [5.41, 5.74) is 1.96. The van der Waals surface area contributed by atoms with Crippen molar-refractivity contribution in [2.75, 3.05) is 31.6 Å². The maximum atomic E-state index is 12.2. The van der Waals surface area contributed by atoms with Crippen LogP contribution in [0.2, 0.25) is 5.02 Å². The van der Waals surface area contributed by atoms with Crippen LogP contribution in [-0.2, 0) is 11.2 Å². The number of benzene rings is 2. The van der Waals surface area contributed by atoms with Crippen LogP contribution in [0.1, 0.15) is 12.0 Å². The van der Waals surface area contributed by atoms with E-state index in [2.05, 4.69) is 10.6 Å². The second-order valence-corrected chi connectivity index (χ2v) is 7.22. The Labute approximate surface area is 169 Å². The summed E-state index contributed by atoms with van der Waals surface area (Å²) in [5, 5.41) is 6.35. The van der Waals surface area contributed by atoms with Crippen molar-refractivity contribution in [1.82, 2.24) is 10.6 Å². The van der Waals surface area contributed by atoms with E-state index in [1.54, 1.807) is 24.1 Å². The predicted molar refractivity (Wildman–Crippen MR) is 110 cm³/mol. The van der Waals surface area contributed by atoms with Gasteiger partial charge in [0.15, 0.2) is 0 Å². The Morgan fingerprint density at radius 1 is 1.14 bits per heavy atom. The van der Waals surface area contributed by atoms with E-state index in [1.165, 1.54) is 0 Å². The van der Waals surface area contributed by atoms with E-state index < -0.39 is 0 Å². The van der Waals surface area contributed by atoms with E-state index in [-0.39, 0.29) is 17.9 Å². The van der Waals surface area contributed by atoms with Crippen LogP contribution in [0.5, 0.6) is 5.75 Å². The van der Waals surface area contributed by atoms with Gasteiger partial charge in [-0.2, -0.15) is 0 Å². The molecule has 6 nitrogen and oxygen atoms in total. The number of carbonyl (C=O) groups is 2. The summed E-state index contributed by atoms with van der Waals surface area (Å²) in [4.78, 5) is 26.0. The number of amides is 3. The van der Waals surface area contributed by atoms with Gasteiger partial charge >= 0.3 is 6.03 Å². The molecule has 0 aliphatic carbocycles. The van der Waals surface area contributed by atoms with Crippen LogP contribution in [0.25, 0.3) is 0 Å². The van der Waals surface area contributed by atoms with Crippen molar-refractivity contribution in [3.63, 3.8) is 0 Å². The van der Waals surface area contributed by atoms with Gasteiger partial charge in [0, 0.05) is 42.7 Å². The SMILES string of the molecule is COc1ccc(CCNC(=O)NC[C@@H]2CC(=O)N(c3ccc(Cl)cc3)C2)cc1. The summed E-state index contributed by atoms with van der Waals surface area (Å²) in [7, 11) is 1.63. The molecule has 3 amide bonds. The molecule has 3 rings (SSSR count). The number of nitrogens with one attached hydrogen (secondary N) is 2. The Morgan fingerprint density at radius 2 is 1.86 bits per heavy atom. The van der Waals surface area contributed by atoms with E-state index in [1.807, 2.05) is 36.4 Å². The normalized spacial score (nSPS) is 16.1. The summed E-state index contributed by atoms with van der Waals surface area (Å²) >= 11 is 5.90. The first kappa shape index (κ1) is 20.0. The minimum Gasteiger partial charge on any atom is -0.497 e. The fourth-order valence-corrected chi connectivity index (χ4v) is 3.33. The number of carbonyl (C=O) groups excluding carboxylic acids is 2. The number of hydrogen-bond donors (Lipinski definition) is 2. The summed E-state index contributed by atoms with van der Waals surface area (Å²) in [6, 6.07) is 14.8. The zero-order chi connectivity index (χ0) is 19.9. The summed E-state index contributed by atoms with van der Waals surface area (Å²) in [5.74, 6) is 0.970. The fourth-order valence-electron chi connectivity index (χ4n) is 3.20. The maximum Gasteiger partial charge on any atom is 0.314 e. The molecule has 148 valence electrons. The molecule has 1 aliphatic rings. The quantitative estimate of drug-likeness (QED) is 0.748. The lowest BCUT2D eigenvalue weighted by molar-refractivity contribution is -0.117. The van der Waals surface area contributed by atoms with Crippen molar-refractivity contribution in [3.8, 4) is 5.75 Å². The lowest BCUT2D eigenvalue weighted by Gasteiger charge is -2.17. The zero-order valence-electron chi connectivity index (χ0n) is 15.8. The van der Waals surface area contributed by atoms with Crippen molar-refractivity contribution in [2.24, 2.45) is 5.92 Å². The molecule has 0 unspecified atom stereocenters. The van der Waals surface area contributed by atoms with Crippen LogP contribution < -0.4 is 20.3 Å². The van der Waals surface area contributed by atoms with Crippen molar-refractivity contribution < 1.29 is 14.3 Å². The molecular formula is C21H24ClN3O3. The van der Waals surface area contributed by atoms with Crippen LogP contribution in [-0.4, -0.2) is 38.7 Å². The number of nitrogens with zero attached hydrogens (tertiary/aromatic N) is 1. The molecule has 0 aromatic heterocycles. The highest BCUT2D eigenvalue weighted by Crippen LogP contribution is 2.25. The van der Waals surface area contributed by atoms with Crippen LogP contribution in [0, 0.1) is 5.92 Å². The molecule has 28 heavy (non-hydrogen) atoms. The molecule has 7 heteroatoms. The van der Waals surface area contributed by atoms with Gasteiger partial charge in [0.2, 0.25) is 5.91 Å². The Morgan fingerprint density at radius 3 is 2.54 bits per heavy atom. The Bertz CT molecular complexity index is 809. The first-order valence-electron chi connectivity index (χ1n) is 9.25. The van der Waals surface area contributed by atoms with Gasteiger partial charge in [0.05, 0.1) is 7.11 Å². The molecule has 2 aromatic carbocycles. The van der Waals surface area contributed by atoms with Crippen molar-refractivity contribution in [2.45, 2.75) is 12.8 Å². The summed E-state index contributed by atoms with van der Waals surface area (Å²) in [6.07, 6.45) is 1.17. The number of urea groups is 1. The average Bonchev–Trinajstić information content (AvgIpc) is 3.08. The standard InChI is InChI=1S/C21H24ClN3O3/c1-28-19-8-2-15(3-9-19)10-11-23-21(27)24-13-16-12-20(26)25(14-16)18-6-4-17(22)5-7-18/h2-9,16H,10-14H2,1H3,(H2,23,24,27)/t16-/m0/s1. The maximum absolute atomic E-state index is 12.2. The van der Waals surface area contributed by atoms with E-state index in [4.69, 9.17) is 16.3 Å². The molecule has 1 atom stereocenters. The number of rotatable bonds is 7. The van der Waals surface area contributed by atoms with Gasteiger partial charge in [-0.3, -0.25) is 4.79 Å². The molecule has 2 aromatic rings. The molecule has 0 saturated carbocycles. The first-order chi connectivity index (χ1) is 13.5. The minimum absolute atomic E-state index is 0.0639. The third kappa shape index (κ3) is 5.39. The molecule has 1 heterocycles. The first-order valence-corrected chi connectivity index (χ1v) is 9.63. The Kier molecular flexibility index (Phi) is 6.76. The zero-order valence-corrected chi connectivity index (χ0v) is 16.5. The smallest absolute Gasteiger partial charge is 0.314 e. The minimum atomic E-state index is -0.217. The number of ether oxygens (including phenoxy) is 1. The average molecular weight is 402 g/mol. The van der Waals surface area contributed by atoms with Gasteiger partial charge in [-0.15, -0.1) is 0 Å². The van der Waals surface area contributed by atoms with Gasteiger partial charge < -0.3 is 20.3 Å². The van der Waals surface area contributed by atoms with Gasteiger partial charge in [-0.05, 0) is 48.4 Å². The molecular weight excluding hydrogens is 378 g/mol. The van der Waals surface area contributed by atoms with Crippen LogP contribution >= 0.6 is 11.6 Å². The van der Waals surface area contributed by atoms with Crippen LogP contribution in [0.3, 0.4) is 0 Å². The summed E-state index contributed by atoms with van der Waals surface area (Å²) in [6.45, 7) is 1.59. The predicted octanol–water partition coefficient (Wildman–Crippen LogP) is 3.24. The number of hydrogen-bond acceptors (Lipinski definition) is 3. The highest BCUT2D eigenvalue weighted by atomic mass is 35.5. The second-order valence-electron chi connectivity index (χ2n) is 6.79. The fraction of sp³-hybridized carbons (Fsp3) is 0.333. The second kappa shape index (κ2) is 9.46. The monoisotopic (exact) mass is 401 g/mol. The molecule has 1 aliphatic heterocycles. The van der Waals surface area contributed by atoms with E-state index >= 15 is 0 Å². The Balaban J connectivity index is 1.38. The van der Waals surface area contributed by atoms with Crippen LogP contribution in [0.15, 0.2) is 48.5 Å². The van der Waals surface area contributed by atoms with Crippen molar-refractivity contribution in [1.29, 1.82) is 0 Å². The van der Waals surface area contributed by atoms with Gasteiger partial charge in [0.1, 0.15) is 5.75 Å². The number of anilines is 1. The third-order valence-corrected chi connectivity index (χ3v) is 5.00. The molecule has 0 bridgehead atoms. The van der Waals surface area contributed by atoms with Crippen LogP contribution in [0.4, 0.5) is 10.5 Å². The number of methoxy groups -OCH3 is 1. The largest absolute Gasteiger partial charge is 0.497 e. The molecule has 0 spiro atoms. The van der Waals surface area contributed by atoms with Gasteiger partial charge in [-0.1, -0.05) is 23.7 Å². The van der Waals surface area contributed by atoms with E-state index in [9.17, 15) is 9.59 Å². The van der Waals surface area contributed by atoms with E-state index in [0.29, 0.717) is 31.1 Å². The highest BCUT2D eigenvalue weighted by molar-refractivity contribution is 6.30. The molecule has 2 N–H and O–H groups in total. The van der Waals surface area contributed by atoms with Crippen molar-refractivity contribution in [3.05, 3.63) is 59.1 Å². The molecule has 1 saturated heterocycles. The van der Waals surface area contributed by atoms with Crippen molar-refractivity contribution >= 4 is 29.2 Å². The molecule has 1 fully saturated rings. The molecule has 0 radical (unpaired) electrons. The third-order valence-electron chi connectivity index (χ3n) is 4.75. The lowest BCUT2D eigenvalue weighted by Crippen LogP contribution is -2.39.